The molecule has 0 bridgehead atoms. The molecule has 7 nitrogen and oxygen atoms in total. The number of benzene rings is 2. The second kappa shape index (κ2) is 7.99. The van der Waals surface area contributed by atoms with Gasteiger partial charge in [0.15, 0.2) is 0 Å². The minimum atomic E-state index is -0.281. The van der Waals surface area contributed by atoms with Crippen LogP contribution in [-0.4, -0.2) is 50.4 Å². The number of fused-ring (bicyclic) bond motifs is 2. The van der Waals surface area contributed by atoms with Crippen molar-refractivity contribution in [1.29, 1.82) is 0 Å². The smallest absolute Gasteiger partial charge is 0.272 e. The van der Waals surface area contributed by atoms with E-state index in [0.29, 0.717) is 35.9 Å². The summed E-state index contributed by atoms with van der Waals surface area (Å²) in [5.41, 5.74) is 5.51. The Hall–Kier alpha value is -3.58. The Bertz CT molecular complexity index is 1460. The summed E-state index contributed by atoms with van der Waals surface area (Å²) in [6.45, 7) is 2.93. The predicted molar refractivity (Wildman–Crippen MR) is 135 cm³/mol. The molecular weight excluding hydrogens is 462 g/mol. The van der Waals surface area contributed by atoms with Gasteiger partial charge >= 0.3 is 0 Å². The lowest BCUT2D eigenvalue weighted by Crippen LogP contribution is -2.39. The van der Waals surface area contributed by atoms with Gasteiger partial charge in [-0.25, -0.2) is 0 Å². The van der Waals surface area contributed by atoms with Crippen LogP contribution in [0.25, 0.3) is 10.9 Å². The lowest BCUT2D eigenvalue weighted by molar-refractivity contribution is 0.0681. The second-order valence-electron chi connectivity index (χ2n) is 9.65. The molecule has 178 valence electrons. The van der Waals surface area contributed by atoms with Crippen LogP contribution >= 0.6 is 11.6 Å². The average molecular weight is 488 g/mol. The molecule has 3 heterocycles. The highest BCUT2D eigenvalue weighted by molar-refractivity contribution is 6.35. The second-order valence-corrected chi connectivity index (χ2v) is 10.1. The van der Waals surface area contributed by atoms with E-state index < -0.39 is 0 Å². The molecule has 2 aromatic heterocycles. The summed E-state index contributed by atoms with van der Waals surface area (Å²) in [6.07, 6.45) is 2.46. The number of nitrogens with zero attached hydrogens (tertiary/aromatic N) is 3. The maximum Gasteiger partial charge on any atom is 0.272 e. The van der Waals surface area contributed by atoms with E-state index in [0.717, 1.165) is 40.6 Å². The zero-order valence-corrected chi connectivity index (χ0v) is 20.4. The minimum Gasteiger partial charge on any atom is -0.350 e. The van der Waals surface area contributed by atoms with Crippen LogP contribution in [0.1, 0.15) is 56.2 Å². The van der Waals surface area contributed by atoms with E-state index in [1.807, 2.05) is 30.1 Å². The lowest BCUT2D eigenvalue weighted by atomic mass is 10.00. The van der Waals surface area contributed by atoms with Gasteiger partial charge in [0.05, 0.1) is 17.8 Å². The summed E-state index contributed by atoms with van der Waals surface area (Å²) in [4.78, 5) is 33.8. The van der Waals surface area contributed by atoms with Crippen LogP contribution in [0.4, 0.5) is 0 Å². The van der Waals surface area contributed by atoms with Crippen LogP contribution in [-0.2, 0) is 18.5 Å². The summed E-state index contributed by atoms with van der Waals surface area (Å²) in [5.74, 6) is -0.210. The first-order valence-electron chi connectivity index (χ1n) is 11.9. The molecular formula is C27H26ClN5O2. The van der Waals surface area contributed by atoms with Crippen LogP contribution in [0.3, 0.4) is 0 Å². The Morgan fingerprint density at radius 3 is 2.63 bits per heavy atom. The van der Waals surface area contributed by atoms with Crippen molar-refractivity contribution in [2.24, 2.45) is 0 Å². The van der Waals surface area contributed by atoms with E-state index >= 15 is 0 Å². The standard InChI is InChI=1S/C27H26ClN5O2/c1-16-6-8-17(9-7-16)27(11-12-27)32(2)26(35)24-19-15-33(13-10-22(19)30-31-24)25(34)23-14-18-20(28)4-3-5-21(18)29-23/h3-9,14,29H,10-13,15H2,1-2H3,(H,30,31). The molecule has 0 atom stereocenters. The van der Waals surface area contributed by atoms with Crippen molar-refractivity contribution in [2.45, 2.75) is 38.3 Å². The molecule has 1 aliphatic carbocycles. The van der Waals surface area contributed by atoms with Gasteiger partial charge in [-0.2, -0.15) is 5.10 Å². The number of aryl methyl sites for hydroxylation is 1. The highest BCUT2D eigenvalue weighted by Crippen LogP contribution is 2.51. The number of carbonyl (C=O) groups is 2. The number of carbonyl (C=O) groups excluding carboxylic acids is 2. The number of hydrogen-bond acceptors (Lipinski definition) is 3. The molecule has 1 aliphatic heterocycles. The number of aromatic amines is 2. The Morgan fingerprint density at radius 2 is 1.91 bits per heavy atom. The van der Waals surface area contributed by atoms with Gasteiger partial charge in [0.2, 0.25) is 0 Å². The Kier molecular flexibility index (Phi) is 5.00. The van der Waals surface area contributed by atoms with Gasteiger partial charge < -0.3 is 14.8 Å². The van der Waals surface area contributed by atoms with Crippen molar-refractivity contribution >= 4 is 34.3 Å². The first-order valence-corrected chi connectivity index (χ1v) is 12.2. The van der Waals surface area contributed by atoms with Gasteiger partial charge in [-0.3, -0.25) is 14.7 Å². The molecule has 2 aliphatic rings. The van der Waals surface area contributed by atoms with E-state index in [2.05, 4.69) is 46.4 Å². The van der Waals surface area contributed by atoms with Gasteiger partial charge in [-0.15, -0.1) is 0 Å². The van der Waals surface area contributed by atoms with Crippen molar-refractivity contribution in [2.75, 3.05) is 13.6 Å². The van der Waals surface area contributed by atoms with E-state index in [1.54, 1.807) is 11.0 Å². The largest absolute Gasteiger partial charge is 0.350 e. The number of amides is 2. The molecule has 0 unspecified atom stereocenters. The Balaban J connectivity index is 1.25. The zero-order chi connectivity index (χ0) is 24.3. The van der Waals surface area contributed by atoms with Crippen LogP contribution in [0.15, 0.2) is 48.5 Å². The maximum absolute atomic E-state index is 13.6. The predicted octanol–water partition coefficient (Wildman–Crippen LogP) is 4.81. The highest BCUT2D eigenvalue weighted by Gasteiger charge is 2.50. The van der Waals surface area contributed by atoms with Gasteiger partial charge in [-0.05, 0) is 43.5 Å². The van der Waals surface area contributed by atoms with E-state index in [9.17, 15) is 9.59 Å². The Morgan fingerprint density at radius 1 is 1.14 bits per heavy atom. The van der Waals surface area contributed by atoms with Crippen molar-refractivity contribution in [3.8, 4) is 0 Å². The fraction of sp³-hybridized carbons (Fsp3) is 0.296. The average Bonchev–Trinajstić information content (AvgIpc) is 3.37. The highest BCUT2D eigenvalue weighted by atomic mass is 35.5. The van der Waals surface area contributed by atoms with Gasteiger partial charge in [0.25, 0.3) is 11.8 Å². The fourth-order valence-corrected chi connectivity index (χ4v) is 5.44. The molecule has 0 spiro atoms. The SMILES string of the molecule is Cc1ccc(C2(N(C)C(=O)c3[nH]nc4c3CN(C(=O)c3cc5c(Cl)cccc5[nH]3)CC4)CC2)cc1. The topological polar surface area (TPSA) is 85.1 Å². The quantitative estimate of drug-likeness (QED) is 0.433. The summed E-state index contributed by atoms with van der Waals surface area (Å²) < 4.78 is 0. The normalized spacial score (nSPS) is 16.3. The summed E-state index contributed by atoms with van der Waals surface area (Å²) in [6, 6.07) is 15.8. The molecule has 2 N–H and O–H groups in total. The monoisotopic (exact) mass is 487 g/mol. The van der Waals surface area contributed by atoms with Crippen LogP contribution in [0, 0.1) is 6.92 Å². The zero-order valence-electron chi connectivity index (χ0n) is 19.7. The number of H-pyrrole nitrogens is 2. The minimum absolute atomic E-state index is 0.0940. The fourth-order valence-electron chi connectivity index (χ4n) is 5.21. The number of rotatable bonds is 4. The van der Waals surface area contributed by atoms with Crippen LogP contribution in [0.5, 0.6) is 0 Å². The molecule has 8 heteroatoms. The molecule has 6 rings (SSSR count). The molecule has 1 saturated carbocycles. The van der Waals surface area contributed by atoms with Crippen molar-refractivity contribution < 1.29 is 9.59 Å². The third-order valence-corrected chi connectivity index (χ3v) is 7.85. The lowest BCUT2D eigenvalue weighted by Gasteiger charge is -2.30. The van der Waals surface area contributed by atoms with E-state index in [-0.39, 0.29) is 17.4 Å². The van der Waals surface area contributed by atoms with Gasteiger partial charge in [0.1, 0.15) is 11.4 Å². The van der Waals surface area contributed by atoms with Gasteiger partial charge in [0, 0.05) is 41.5 Å². The van der Waals surface area contributed by atoms with E-state index in [4.69, 9.17) is 11.6 Å². The van der Waals surface area contributed by atoms with Crippen molar-refractivity contribution in [3.05, 3.63) is 87.3 Å². The number of hydrogen-bond donors (Lipinski definition) is 2. The molecule has 0 radical (unpaired) electrons. The third kappa shape index (κ3) is 3.53. The van der Waals surface area contributed by atoms with E-state index in [1.165, 1.54) is 5.56 Å². The first-order chi connectivity index (χ1) is 16.9. The number of halogens is 1. The number of aromatic nitrogens is 3. The first kappa shape index (κ1) is 21.9. The van der Waals surface area contributed by atoms with Gasteiger partial charge in [-0.1, -0.05) is 47.5 Å². The molecule has 2 amide bonds. The molecule has 1 fully saturated rings. The summed E-state index contributed by atoms with van der Waals surface area (Å²) in [5, 5.41) is 8.83. The third-order valence-electron chi connectivity index (χ3n) is 7.52. The van der Waals surface area contributed by atoms with Crippen LogP contribution < -0.4 is 0 Å². The van der Waals surface area contributed by atoms with Crippen molar-refractivity contribution in [3.63, 3.8) is 0 Å². The summed E-state index contributed by atoms with van der Waals surface area (Å²) >= 11 is 6.29. The molecule has 4 aromatic rings. The Labute approximate surface area is 208 Å². The molecule has 2 aromatic carbocycles. The van der Waals surface area contributed by atoms with Crippen molar-refractivity contribution in [1.82, 2.24) is 25.0 Å². The molecule has 0 saturated heterocycles. The summed E-state index contributed by atoms with van der Waals surface area (Å²) in [7, 11) is 1.86. The number of nitrogens with one attached hydrogen (secondary N) is 2. The van der Waals surface area contributed by atoms with Crippen LogP contribution in [0.2, 0.25) is 5.02 Å². The molecule has 35 heavy (non-hydrogen) atoms. The maximum atomic E-state index is 13.6.